The molecule has 0 fully saturated rings. The summed E-state index contributed by atoms with van der Waals surface area (Å²) in [5.41, 5.74) is -1.49. The van der Waals surface area contributed by atoms with E-state index in [-0.39, 0.29) is 17.3 Å². The van der Waals surface area contributed by atoms with Gasteiger partial charge in [-0.2, -0.15) is 13.2 Å². The van der Waals surface area contributed by atoms with Gasteiger partial charge in [-0.05, 0) is 24.3 Å². The van der Waals surface area contributed by atoms with Gasteiger partial charge < -0.3 is 25.4 Å². The van der Waals surface area contributed by atoms with Gasteiger partial charge in [0.1, 0.15) is 12.1 Å². The van der Waals surface area contributed by atoms with Crippen molar-refractivity contribution in [2.75, 3.05) is 23.0 Å². The van der Waals surface area contributed by atoms with Crippen LogP contribution in [0.4, 0.5) is 48.3 Å². The monoisotopic (exact) mass is 521 g/mol. The van der Waals surface area contributed by atoms with Gasteiger partial charge in [0.05, 0.1) is 10.6 Å². The summed E-state index contributed by atoms with van der Waals surface area (Å²) in [5.74, 6) is -1.34. The highest BCUT2D eigenvalue weighted by molar-refractivity contribution is 6.32. The van der Waals surface area contributed by atoms with Crippen molar-refractivity contribution in [2.45, 2.75) is 12.5 Å². The minimum Gasteiger partial charge on any atom is -0.433 e. The maximum atomic E-state index is 13.0. The third-order valence-electron chi connectivity index (χ3n) is 4.05. The Kier molecular flexibility index (Phi) is 7.43. The zero-order valence-corrected chi connectivity index (χ0v) is 18.1. The molecule has 2 aromatic carbocycles. The third kappa shape index (κ3) is 7.27. The summed E-state index contributed by atoms with van der Waals surface area (Å²) < 4.78 is 86.8. The SMILES string of the molecule is CNc1cc(Oc2c(Cl)cc(NC(=O)Nc3cccc(C(F)(F)F)c3)cc2OC(F)(F)F)ncn1. The predicted octanol–water partition coefficient (Wildman–Crippen LogP) is 6.53. The average Bonchev–Trinajstić information content (AvgIpc) is 2.75. The first kappa shape index (κ1) is 25.7. The van der Waals surface area contributed by atoms with E-state index in [4.69, 9.17) is 16.3 Å². The summed E-state index contributed by atoms with van der Waals surface area (Å²) in [4.78, 5) is 19.8. The molecule has 0 spiro atoms. The van der Waals surface area contributed by atoms with Crippen LogP contribution in [0.3, 0.4) is 0 Å². The fourth-order valence-corrected chi connectivity index (χ4v) is 2.89. The molecule has 2 amide bonds. The normalized spacial score (nSPS) is 11.5. The van der Waals surface area contributed by atoms with Gasteiger partial charge in [-0.25, -0.2) is 14.8 Å². The summed E-state index contributed by atoms with van der Waals surface area (Å²) in [6.07, 6.45) is -8.70. The van der Waals surface area contributed by atoms with Crippen molar-refractivity contribution in [1.82, 2.24) is 9.97 Å². The molecule has 186 valence electrons. The number of hydrogen-bond donors (Lipinski definition) is 3. The molecule has 0 saturated carbocycles. The second-order valence-electron chi connectivity index (χ2n) is 6.58. The van der Waals surface area contributed by atoms with E-state index >= 15 is 0 Å². The fourth-order valence-electron chi connectivity index (χ4n) is 2.64. The van der Waals surface area contributed by atoms with E-state index in [9.17, 15) is 31.1 Å². The lowest BCUT2D eigenvalue weighted by molar-refractivity contribution is -0.275. The van der Waals surface area contributed by atoms with Crippen LogP contribution < -0.4 is 25.4 Å². The minimum atomic E-state index is -5.15. The number of nitrogens with one attached hydrogen (secondary N) is 3. The van der Waals surface area contributed by atoms with Gasteiger partial charge in [0, 0.05) is 30.6 Å². The topological polar surface area (TPSA) is 97.4 Å². The molecule has 1 aromatic heterocycles. The highest BCUT2D eigenvalue weighted by Gasteiger charge is 2.34. The van der Waals surface area contributed by atoms with Gasteiger partial charge in [0.15, 0.2) is 11.5 Å². The Morgan fingerprint density at radius 2 is 1.69 bits per heavy atom. The van der Waals surface area contributed by atoms with Crippen molar-refractivity contribution < 1.29 is 40.6 Å². The van der Waals surface area contributed by atoms with E-state index in [1.807, 2.05) is 0 Å². The first-order valence-corrected chi connectivity index (χ1v) is 9.74. The Bertz CT molecular complexity index is 1220. The molecule has 1 heterocycles. The van der Waals surface area contributed by atoms with E-state index < -0.39 is 40.7 Å². The number of rotatable bonds is 6. The Morgan fingerprint density at radius 3 is 2.34 bits per heavy atom. The summed E-state index contributed by atoms with van der Waals surface area (Å²) in [6, 6.07) is 5.79. The van der Waals surface area contributed by atoms with Gasteiger partial charge in [-0.1, -0.05) is 17.7 Å². The summed E-state index contributed by atoms with van der Waals surface area (Å²) in [7, 11) is 1.54. The van der Waals surface area contributed by atoms with Crippen LogP contribution in [-0.4, -0.2) is 29.4 Å². The van der Waals surface area contributed by atoms with Crippen molar-refractivity contribution in [1.29, 1.82) is 0 Å². The molecule has 0 bridgehead atoms. The predicted molar refractivity (Wildman–Crippen MR) is 114 cm³/mol. The molecule has 3 aromatic rings. The van der Waals surface area contributed by atoms with Gasteiger partial charge in [0.2, 0.25) is 5.88 Å². The van der Waals surface area contributed by atoms with Gasteiger partial charge in [-0.3, -0.25) is 0 Å². The second kappa shape index (κ2) is 10.1. The van der Waals surface area contributed by atoms with Crippen molar-refractivity contribution in [3.63, 3.8) is 0 Å². The quantitative estimate of drug-likeness (QED) is 0.319. The van der Waals surface area contributed by atoms with Crippen LogP contribution in [0.25, 0.3) is 0 Å². The molecule has 0 aliphatic rings. The van der Waals surface area contributed by atoms with Crippen LogP contribution in [0, 0.1) is 0 Å². The zero-order valence-electron chi connectivity index (χ0n) is 17.4. The number of halogens is 7. The Balaban J connectivity index is 1.85. The molecule has 35 heavy (non-hydrogen) atoms. The number of anilines is 3. The number of carbonyl (C=O) groups is 1. The molecular weight excluding hydrogens is 508 g/mol. The average molecular weight is 522 g/mol. The Labute approximate surface area is 198 Å². The molecule has 3 N–H and O–H groups in total. The van der Waals surface area contributed by atoms with Crippen LogP contribution in [0.15, 0.2) is 48.8 Å². The van der Waals surface area contributed by atoms with Crippen molar-refractivity contribution in [3.05, 3.63) is 59.4 Å². The number of aromatic nitrogens is 2. The molecule has 15 heteroatoms. The largest absolute Gasteiger partial charge is 0.573 e. The van der Waals surface area contributed by atoms with Crippen molar-refractivity contribution in [3.8, 4) is 17.4 Å². The number of nitrogens with zero attached hydrogens (tertiary/aromatic N) is 2. The number of alkyl halides is 6. The van der Waals surface area contributed by atoms with Crippen LogP contribution in [0.1, 0.15) is 5.56 Å². The van der Waals surface area contributed by atoms with Crippen LogP contribution in [0.5, 0.6) is 17.4 Å². The number of carbonyl (C=O) groups excluding carboxylic acids is 1. The van der Waals surface area contributed by atoms with E-state index in [1.165, 1.54) is 12.1 Å². The molecule has 8 nitrogen and oxygen atoms in total. The number of urea groups is 1. The summed E-state index contributed by atoms with van der Waals surface area (Å²) in [6.45, 7) is 0. The third-order valence-corrected chi connectivity index (χ3v) is 4.33. The molecule has 0 atom stereocenters. The number of benzene rings is 2. The Morgan fingerprint density at radius 1 is 0.971 bits per heavy atom. The van der Waals surface area contributed by atoms with Gasteiger partial charge in [-0.15, -0.1) is 13.2 Å². The van der Waals surface area contributed by atoms with Gasteiger partial charge >= 0.3 is 18.6 Å². The Hall–Kier alpha value is -3.94. The summed E-state index contributed by atoms with van der Waals surface area (Å²) in [5, 5.41) is 6.61. The highest BCUT2D eigenvalue weighted by Crippen LogP contribution is 2.43. The first-order chi connectivity index (χ1) is 16.3. The molecular formula is C20H14ClF6N5O3. The fraction of sp³-hybridized carbons (Fsp3) is 0.150. The smallest absolute Gasteiger partial charge is 0.433 e. The van der Waals surface area contributed by atoms with Crippen molar-refractivity contribution >= 4 is 34.8 Å². The lowest BCUT2D eigenvalue weighted by atomic mass is 10.2. The molecule has 3 rings (SSSR count). The maximum Gasteiger partial charge on any atom is 0.573 e. The highest BCUT2D eigenvalue weighted by atomic mass is 35.5. The van der Waals surface area contributed by atoms with Crippen molar-refractivity contribution in [2.24, 2.45) is 0 Å². The molecule has 0 radical (unpaired) electrons. The minimum absolute atomic E-state index is 0.165. The molecule has 0 aliphatic heterocycles. The second-order valence-corrected chi connectivity index (χ2v) is 6.99. The zero-order chi connectivity index (χ0) is 25.8. The van der Waals surface area contributed by atoms with Gasteiger partial charge in [0.25, 0.3) is 0 Å². The van der Waals surface area contributed by atoms with E-state index in [0.717, 1.165) is 30.6 Å². The van der Waals surface area contributed by atoms with Crippen LogP contribution >= 0.6 is 11.6 Å². The van der Waals surface area contributed by atoms with E-state index in [2.05, 4.69) is 30.7 Å². The van der Waals surface area contributed by atoms with Crippen LogP contribution in [-0.2, 0) is 6.18 Å². The molecule has 0 saturated heterocycles. The molecule has 0 aliphatic carbocycles. The standard InChI is InChI=1S/C20H14ClF6N5O3/c1-28-15-8-16(30-9-29-15)34-17-13(21)6-12(7-14(17)35-20(25,26)27)32-18(33)31-11-4-2-3-10(5-11)19(22,23)24/h2-9H,1H3,(H,28,29,30)(H2,31,32,33). The lowest BCUT2D eigenvalue weighted by Gasteiger charge is -2.17. The molecule has 0 unspecified atom stereocenters. The van der Waals surface area contributed by atoms with E-state index in [0.29, 0.717) is 11.9 Å². The van der Waals surface area contributed by atoms with E-state index in [1.54, 1.807) is 7.05 Å². The first-order valence-electron chi connectivity index (χ1n) is 9.36. The number of ether oxygens (including phenoxy) is 2. The lowest BCUT2D eigenvalue weighted by Crippen LogP contribution is -2.21. The number of amides is 2. The van der Waals surface area contributed by atoms with Crippen LogP contribution in [0.2, 0.25) is 5.02 Å². The maximum absolute atomic E-state index is 13.0. The summed E-state index contributed by atoms with van der Waals surface area (Å²) >= 11 is 6.07. The number of hydrogen-bond acceptors (Lipinski definition) is 6.